The summed E-state index contributed by atoms with van der Waals surface area (Å²) in [6.07, 6.45) is 1.79. The number of benzene rings is 1. The normalized spacial score (nSPS) is 21.1. The van der Waals surface area contributed by atoms with Crippen molar-refractivity contribution >= 4 is 12.4 Å². The first-order valence-corrected chi connectivity index (χ1v) is 8.30. The molecule has 1 saturated heterocycles. The molecule has 0 bridgehead atoms. The zero-order chi connectivity index (χ0) is 16.1. The summed E-state index contributed by atoms with van der Waals surface area (Å²) in [6.45, 7) is 8.18. The van der Waals surface area contributed by atoms with Crippen LogP contribution in [0.3, 0.4) is 0 Å². The first-order chi connectivity index (χ1) is 11.2. The van der Waals surface area contributed by atoms with Gasteiger partial charge in [0.1, 0.15) is 12.4 Å². The number of aromatic nitrogens is 1. The van der Waals surface area contributed by atoms with E-state index >= 15 is 0 Å². The molecule has 130 valence electrons. The lowest BCUT2D eigenvalue weighted by Gasteiger charge is -2.37. The number of hydrogen-bond donors (Lipinski definition) is 1. The third-order valence-corrected chi connectivity index (χ3v) is 4.32. The molecule has 3 rings (SSSR count). The second-order valence-electron chi connectivity index (χ2n) is 6.34. The smallest absolute Gasteiger partial charge is 0.130 e. The maximum Gasteiger partial charge on any atom is 0.130 e. The van der Waals surface area contributed by atoms with Crippen LogP contribution in [0, 0.1) is 0 Å². The van der Waals surface area contributed by atoms with Gasteiger partial charge in [0.2, 0.25) is 0 Å². The number of pyridine rings is 1. The lowest BCUT2D eigenvalue weighted by Crippen LogP contribution is -2.53. The Hall–Kier alpha value is -1.62. The van der Waals surface area contributed by atoms with Crippen LogP contribution in [0.5, 0.6) is 5.75 Å². The average molecular weight is 348 g/mol. The molecule has 4 nitrogen and oxygen atoms in total. The van der Waals surface area contributed by atoms with Crippen molar-refractivity contribution in [3.63, 3.8) is 0 Å². The molecule has 24 heavy (non-hydrogen) atoms. The fourth-order valence-electron chi connectivity index (χ4n) is 2.88. The first kappa shape index (κ1) is 18.7. The molecule has 0 saturated carbocycles. The second kappa shape index (κ2) is 9.02. The van der Waals surface area contributed by atoms with Crippen LogP contribution >= 0.6 is 12.4 Å². The quantitative estimate of drug-likeness (QED) is 0.900. The van der Waals surface area contributed by atoms with Gasteiger partial charge in [0.15, 0.2) is 0 Å². The zero-order valence-corrected chi connectivity index (χ0v) is 15.1. The maximum absolute atomic E-state index is 5.79. The molecule has 1 aliphatic heterocycles. The molecule has 2 aromatic rings. The van der Waals surface area contributed by atoms with Gasteiger partial charge in [-0.1, -0.05) is 18.2 Å². The van der Waals surface area contributed by atoms with Gasteiger partial charge in [-0.15, -0.1) is 12.4 Å². The number of nitrogens with one attached hydrogen (secondary N) is 1. The van der Waals surface area contributed by atoms with Gasteiger partial charge in [-0.2, -0.15) is 0 Å². The van der Waals surface area contributed by atoms with E-state index in [9.17, 15) is 0 Å². The van der Waals surface area contributed by atoms with Gasteiger partial charge in [0.25, 0.3) is 0 Å². The highest BCUT2D eigenvalue weighted by Gasteiger charge is 2.21. The van der Waals surface area contributed by atoms with E-state index in [0.29, 0.717) is 18.7 Å². The van der Waals surface area contributed by atoms with Crippen LogP contribution in [0.1, 0.15) is 25.1 Å². The number of rotatable bonds is 5. The molecule has 0 amide bonds. The molecular formula is C19H26ClN3O. The maximum atomic E-state index is 5.79. The largest absolute Gasteiger partial charge is 0.487 e. The van der Waals surface area contributed by atoms with Crippen LogP contribution in [-0.2, 0) is 13.2 Å². The molecule has 1 N–H and O–H groups in total. The SMILES string of the molecule is CC1CN(Cc2ccc(OCc3ccccn3)cc2)C(C)CN1.Cl. The number of ether oxygens (including phenoxy) is 1. The lowest BCUT2D eigenvalue weighted by molar-refractivity contribution is 0.139. The van der Waals surface area contributed by atoms with E-state index < -0.39 is 0 Å². The summed E-state index contributed by atoms with van der Waals surface area (Å²) in [7, 11) is 0. The van der Waals surface area contributed by atoms with Gasteiger partial charge >= 0.3 is 0 Å². The summed E-state index contributed by atoms with van der Waals surface area (Å²) in [6, 6.07) is 15.4. The molecule has 5 heteroatoms. The molecule has 0 spiro atoms. The highest BCUT2D eigenvalue weighted by atomic mass is 35.5. The predicted octanol–water partition coefficient (Wildman–Crippen LogP) is 3.26. The van der Waals surface area contributed by atoms with E-state index in [1.54, 1.807) is 6.20 Å². The Kier molecular flexibility index (Phi) is 7.03. The Labute approximate surface area is 150 Å². The summed E-state index contributed by atoms with van der Waals surface area (Å²) in [5, 5.41) is 3.52. The molecule has 0 radical (unpaired) electrons. The number of hydrogen-bond acceptors (Lipinski definition) is 4. The van der Waals surface area contributed by atoms with Crippen molar-refractivity contribution in [1.82, 2.24) is 15.2 Å². The van der Waals surface area contributed by atoms with E-state index in [1.165, 1.54) is 5.56 Å². The van der Waals surface area contributed by atoms with Crippen LogP contribution < -0.4 is 10.1 Å². The van der Waals surface area contributed by atoms with Crippen LogP contribution in [0.4, 0.5) is 0 Å². The van der Waals surface area contributed by atoms with E-state index in [0.717, 1.165) is 31.1 Å². The molecule has 1 aromatic heterocycles. The third-order valence-electron chi connectivity index (χ3n) is 4.32. The minimum Gasteiger partial charge on any atom is -0.487 e. The van der Waals surface area contributed by atoms with Gasteiger partial charge in [0, 0.05) is 37.9 Å². The van der Waals surface area contributed by atoms with Crippen molar-refractivity contribution in [2.24, 2.45) is 0 Å². The van der Waals surface area contributed by atoms with Crippen molar-refractivity contribution in [2.45, 2.75) is 39.1 Å². The molecule has 2 atom stereocenters. The van der Waals surface area contributed by atoms with Gasteiger partial charge in [-0.3, -0.25) is 9.88 Å². The average Bonchev–Trinajstić information content (AvgIpc) is 2.58. The third kappa shape index (κ3) is 5.20. The highest BCUT2D eigenvalue weighted by molar-refractivity contribution is 5.85. The minimum atomic E-state index is 0. The van der Waals surface area contributed by atoms with Crippen molar-refractivity contribution in [3.8, 4) is 5.75 Å². The Morgan fingerprint density at radius 3 is 2.67 bits per heavy atom. The highest BCUT2D eigenvalue weighted by Crippen LogP contribution is 2.17. The van der Waals surface area contributed by atoms with Crippen LogP contribution in [0.25, 0.3) is 0 Å². The molecule has 1 aliphatic rings. The summed E-state index contributed by atoms with van der Waals surface area (Å²) in [4.78, 5) is 6.80. The molecule has 0 aliphatic carbocycles. The number of nitrogens with zero attached hydrogens (tertiary/aromatic N) is 2. The van der Waals surface area contributed by atoms with Crippen molar-refractivity contribution in [1.29, 1.82) is 0 Å². The fraction of sp³-hybridized carbons (Fsp3) is 0.421. The molecule has 2 heterocycles. The Bertz CT molecular complexity index is 606. The van der Waals surface area contributed by atoms with Crippen molar-refractivity contribution in [3.05, 3.63) is 59.9 Å². The zero-order valence-electron chi connectivity index (χ0n) is 14.3. The van der Waals surface area contributed by atoms with E-state index in [1.807, 2.05) is 18.2 Å². The Morgan fingerprint density at radius 2 is 1.96 bits per heavy atom. The summed E-state index contributed by atoms with van der Waals surface area (Å²) >= 11 is 0. The monoisotopic (exact) mass is 347 g/mol. The van der Waals surface area contributed by atoms with Crippen LogP contribution in [0.15, 0.2) is 48.7 Å². The van der Waals surface area contributed by atoms with Crippen molar-refractivity contribution < 1.29 is 4.74 Å². The summed E-state index contributed by atoms with van der Waals surface area (Å²) < 4.78 is 5.79. The minimum absolute atomic E-state index is 0. The lowest BCUT2D eigenvalue weighted by atomic mass is 10.1. The van der Waals surface area contributed by atoms with E-state index in [2.05, 4.69) is 53.3 Å². The standard InChI is InChI=1S/C19H25N3O.ClH/c1-15-12-22(16(2)11-21-15)13-17-6-8-19(9-7-17)23-14-18-5-3-4-10-20-18;/h3-10,15-16,21H,11-14H2,1-2H3;1H. The fourth-order valence-corrected chi connectivity index (χ4v) is 2.88. The Balaban J connectivity index is 0.00000208. The molecular weight excluding hydrogens is 322 g/mol. The number of halogens is 1. The van der Waals surface area contributed by atoms with Crippen molar-refractivity contribution in [2.75, 3.05) is 13.1 Å². The summed E-state index contributed by atoms with van der Waals surface area (Å²) in [5.74, 6) is 0.890. The van der Waals surface area contributed by atoms with Crippen LogP contribution in [-0.4, -0.2) is 35.1 Å². The van der Waals surface area contributed by atoms with Gasteiger partial charge < -0.3 is 10.1 Å². The van der Waals surface area contributed by atoms with Gasteiger partial charge in [-0.25, -0.2) is 0 Å². The topological polar surface area (TPSA) is 37.4 Å². The van der Waals surface area contributed by atoms with E-state index in [4.69, 9.17) is 4.74 Å². The molecule has 1 aromatic carbocycles. The Morgan fingerprint density at radius 1 is 1.17 bits per heavy atom. The second-order valence-corrected chi connectivity index (χ2v) is 6.34. The first-order valence-electron chi connectivity index (χ1n) is 8.30. The van der Waals surface area contributed by atoms with Crippen LogP contribution in [0.2, 0.25) is 0 Å². The number of piperazine rings is 1. The predicted molar refractivity (Wildman–Crippen MR) is 99.6 cm³/mol. The van der Waals surface area contributed by atoms with Gasteiger partial charge in [0.05, 0.1) is 5.69 Å². The van der Waals surface area contributed by atoms with E-state index in [-0.39, 0.29) is 12.4 Å². The summed E-state index contributed by atoms with van der Waals surface area (Å²) in [5.41, 5.74) is 2.27. The molecule has 1 fully saturated rings. The van der Waals surface area contributed by atoms with Gasteiger partial charge in [-0.05, 0) is 43.7 Å². The molecule has 2 unspecified atom stereocenters.